The van der Waals surface area contributed by atoms with Gasteiger partial charge in [0.1, 0.15) is 18.6 Å². The number of nitriles is 3. The predicted octanol–water partition coefficient (Wildman–Crippen LogP) is 16.9. The van der Waals surface area contributed by atoms with Crippen LogP contribution in [0.5, 0.6) is 0 Å². The number of aromatic nitrogens is 5. The van der Waals surface area contributed by atoms with Crippen LogP contribution in [-0.2, 0) is 33.4 Å². The molecule has 28 heteroatoms. The number of benzene rings is 3. The van der Waals surface area contributed by atoms with Gasteiger partial charge in [0.2, 0.25) is 0 Å². The Kier molecular flexibility index (Phi) is 38.7. The van der Waals surface area contributed by atoms with Crippen molar-refractivity contribution in [1.29, 1.82) is 15.8 Å². The lowest BCUT2D eigenvalue weighted by Crippen LogP contribution is -2.30. The van der Waals surface area contributed by atoms with Gasteiger partial charge in [0, 0.05) is 92.3 Å². The van der Waals surface area contributed by atoms with E-state index in [2.05, 4.69) is 101 Å². The number of halogens is 5. The van der Waals surface area contributed by atoms with Crippen LogP contribution in [0.1, 0.15) is 92.9 Å². The highest BCUT2D eigenvalue weighted by atomic mass is 79.9. The summed E-state index contributed by atoms with van der Waals surface area (Å²) in [5.41, 5.74) is 5.76. The lowest BCUT2D eigenvalue weighted by atomic mass is 9.80. The summed E-state index contributed by atoms with van der Waals surface area (Å²) in [7, 11) is -1.46. The van der Waals surface area contributed by atoms with Crippen LogP contribution >= 0.6 is 123 Å². The van der Waals surface area contributed by atoms with Crippen molar-refractivity contribution in [1.82, 2.24) is 24.9 Å². The molecule has 504 valence electrons. The molecule has 0 atom stereocenters. The Morgan fingerprint density at radius 3 is 1.22 bits per heavy atom. The molecule has 8 aromatic rings. The minimum absolute atomic E-state index is 0.205. The molecule has 4 N–H and O–H groups in total. The number of hydrogen-bond donors (Lipinski definition) is 4. The second kappa shape index (κ2) is 43.5. The quantitative estimate of drug-likeness (QED) is 0.0174. The van der Waals surface area contributed by atoms with Crippen LogP contribution in [0.25, 0.3) is 22.3 Å². The highest BCUT2D eigenvalue weighted by molar-refractivity contribution is 9.11. The number of carboxylic acid groups (broad SMARTS) is 1. The summed E-state index contributed by atoms with van der Waals surface area (Å²) in [4.78, 5) is 67.6. The van der Waals surface area contributed by atoms with E-state index in [1.165, 1.54) is 59.6 Å². The summed E-state index contributed by atoms with van der Waals surface area (Å²) in [6.07, 6.45) is 17.2. The Bertz CT molecular complexity index is 3960. The number of thioether (sulfide) groups is 3. The number of hydrogen-bond acceptors (Lipinski definition) is 20. The first-order chi connectivity index (χ1) is 45.2. The Morgan fingerprint density at radius 1 is 0.542 bits per heavy atom. The van der Waals surface area contributed by atoms with Crippen molar-refractivity contribution >= 4 is 159 Å². The topological polar surface area (TPSA) is 295 Å². The van der Waals surface area contributed by atoms with E-state index >= 15 is 0 Å². The van der Waals surface area contributed by atoms with Gasteiger partial charge in [0.05, 0.1) is 73.2 Å². The van der Waals surface area contributed by atoms with Crippen LogP contribution in [0.15, 0.2) is 193 Å². The molecule has 5 heterocycles. The maximum Gasteiger partial charge on any atom is 0.488 e. The zero-order valence-electron chi connectivity index (χ0n) is 54.1. The van der Waals surface area contributed by atoms with Crippen molar-refractivity contribution in [3.8, 4) is 40.5 Å². The number of carbonyl (C=O) groups is 4. The largest absolute Gasteiger partial charge is 0.488 e. The van der Waals surface area contributed by atoms with E-state index in [1.54, 1.807) is 135 Å². The van der Waals surface area contributed by atoms with Crippen LogP contribution in [0.2, 0.25) is 5.02 Å². The van der Waals surface area contributed by atoms with Crippen LogP contribution in [0, 0.1) is 38.5 Å². The molecule has 18 nitrogen and oxygen atoms in total. The average molecular weight is 1650 g/mol. The third-order valence-corrected chi connectivity index (χ3v) is 19.1. The fraction of sp³-hybridized carbons (Fsp3) is 0.265. The molecule has 0 aliphatic carbocycles. The Balaban J connectivity index is 0.000000396. The Morgan fingerprint density at radius 2 is 0.906 bits per heavy atom. The van der Waals surface area contributed by atoms with Crippen molar-refractivity contribution in [2.75, 3.05) is 19.8 Å². The molecule has 0 saturated carbocycles. The monoisotopic (exact) mass is 1650 g/mol. The third kappa shape index (κ3) is 31.2. The van der Waals surface area contributed by atoms with Crippen molar-refractivity contribution in [2.45, 2.75) is 109 Å². The number of carbonyl (C=O) groups excluding carboxylic acids is 3. The van der Waals surface area contributed by atoms with E-state index in [1.807, 2.05) is 88.5 Å². The number of pyridine rings is 5. The standard InChI is InChI=1S/C18H18N2O2S.C16H14N2O2S.C11H14BrNO2S.C7H6BNO2.C6H11BrO2.C5H3BrClN.C5H4BrNS/c1-4-22-17(21)18(2,3)23-16-9-10-20-12-15(16)14-7-5-13(11-19)6-8-14;1-16(2,15(19)20)21-14-7-8-18-10-13(14)12-5-3-11(9-17)4-6-12;1-4-15-10(14)11(2,3)16-9-5-6-13-7-8(9)12;9-5-6-1-3-7(4-2-6)8(10)11;1-4-9-5(8)6(2,3)7;6-4-3-8-2-1-5(4)7;6-4-3-7-2-1-5(4)8/h5-10,12H,4H2,1-3H3;3-8,10H,1-2H3,(H,19,20);5-7H,4H2,1-3H3;1-4,10-11H;4H2,1-3H3;1-3H;1-3H,(H,7,8). The van der Waals surface area contributed by atoms with E-state index in [0.29, 0.717) is 47.0 Å². The molecule has 0 fully saturated rings. The molecule has 0 saturated heterocycles. The van der Waals surface area contributed by atoms with E-state index < -0.39 is 31.7 Å². The number of rotatable bonds is 16. The SMILES string of the molecule is CC(C)(Sc1ccncc1-c1ccc(C#N)cc1)C(=O)O.CCOC(=O)C(C)(C)Br.CCOC(=O)C(C)(C)Sc1ccncc1-c1ccc(C#N)cc1.CCOC(=O)C(C)(C)Sc1ccncc1Br.Clc1ccncc1Br.N#Cc1ccc(B(O)O)cc1.S=c1cc[nH]cc1Br. The summed E-state index contributed by atoms with van der Waals surface area (Å²) >= 11 is 27.7. The minimum atomic E-state index is -1.46. The number of nitrogens with zero attached hydrogens (tertiary/aromatic N) is 7. The Hall–Kier alpha value is -6.78. The number of aliphatic carboxylic acids is 1. The first-order valence-electron chi connectivity index (χ1n) is 28.6. The smallest absolute Gasteiger partial charge is 0.480 e. The number of ether oxygens (including phenoxy) is 3. The maximum atomic E-state index is 12.1. The molecule has 0 unspecified atom stereocenters. The molecule has 0 radical (unpaired) electrons. The van der Waals surface area contributed by atoms with Gasteiger partial charge < -0.3 is 34.3 Å². The van der Waals surface area contributed by atoms with Crippen LogP contribution < -0.4 is 5.46 Å². The number of nitrogens with one attached hydrogen (secondary N) is 1. The molecule has 0 spiro atoms. The lowest BCUT2D eigenvalue weighted by molar-refractivity contribution is -0.145. The molecule has 3 aromatic carbocycles. The van der Waals surface area contributed by atoms with Crippen molar-refractivity contribution in [2.24, 2.45) is 0 Å². The summed E-state index contributed by atoms with van der Waals surface area (Å²) in [5, 5.41) is 53.4. The first kappa shape index (κ1) is 85.3. The molecule has 0 aliphatic heterocycles. The van der Waals surface area contributed by atoms with Gasteiger partial charge >= 0.3 is 31.0 Å². The zero-order valence-corrected chi connectivity index (χ0v) is 64.5. The minimum Gasteiger partial charge on any atom is -0.480 e. The Labute approximate surface area is 617 Å². The molecule has 8 rings (SSSR count). The average Bonchev–Trinajstić information content (AvgIpc) is 0.835. The second-order valence-corrected chi connectivity index (χ2v) is 31.3. The summed E-state index contributed by atoms with van der Waals surface area (Å²) < 4.78 is 15.6. The van der Waals surface area contributed by atoms with Crippen molar-refractivity contribution in [3.05, 3.63) is 205 Å². The van der Waals surface area contributed by atoms with Crippen LogP contribution in [0.3, 0.4) is 0 Å². The van der Waals surface area contributed by atoms with E-state index in [9.17, 15) is 24.3 Å². The molecule has 5 aromatic heterocycles. The lowest BCUT2D eigenvalue weighted by Gasteiger charge is -2.23. The van der Waals surface area contributed by atoms with Gasteiger partial charge in [-0.25, -0.2) is 0 Å². The van der Waals surface area contributed by atoms with Gasteiger partial charge in [-0.15, -0.1) is 35.3 Å². The van der Waals surface area contributed by atoms with Gasteiger partial charge in [-0.05, 0) is 207 Å². The first-order valence-corrected chi connectivity index (χ1v) is 35.1. The van der Waals surface area contributed by atoms with Crippen molar-refractivity contribution in [3.63, 3.8) is 0 Å². The fourth-order valence-corrected chi connectivity index (χ4v) is 11.1. The number of aromatic amines is 1. The van der Waals surface area contributed by atoms with Gasteiger partial charge in [-0.2, -0.15) is 15.8 Å². The number of alkyl halides is 1. The molecular weight excluding hydrogens is 1580 g/mol. The van der Waals surface area contributed by atoms with Gasteiger partial charge in [-0.3, -0.25) is 39.1 Å². The second-order valence-electron chi connectivity index (χ2n) is 21.0. The summed E-state index contributed by atoms with van der Waals surface area (Å²) in [6, 6.07) is 35.8. The molecule has 0 aliphatic rings. The number of carboxylic acids is 1. The normalized spacial score (nSPS) is 10.4. The molecule has 0 amide bonds. The highest BCUT2D eigenvalue weighted by Gasteiger charge is 2.33. The summed E-state index contributed by atoms with van der Waals surface area (Å²) in [5.74, 6) is -1.53. The van der Waals surface area contributed by atoms with E-state index in [-0.39, 0.29) is 17.9 Å². The predicted molar refractivity (Wildman–Crippen MR) is 398 cm³/mol. The number of esters is 3. The van der Waals surface area contributed by atoms with Gasteiger partial charge in [-0.1, -0.05) is 76.1 Å². The van der Waals surface area contributed by atoms with Gasteiger partial charge in [0.15, 0.2) is 0 Å². The third-order valence-electron chi connectivity index (χ3n) is 11.7. The highest BCUT2D eigenvalue weighted by Crippen LogP contribution is 2.41. The van der Waals surface area contributed by atoms with Gasteiger partial charge in [0.25, 0.3) is 0 Å². The molecular formula is C68H70BBr4ClN8O10S4. The van der Waals surface area contributed by atoms with Crippen LogP contribution in [0.4, 0.5) is 0 Å². The zero-order chi connectivity index (χ0) is 72.2. The van der Waals surface area contributed by atoms with E-state index in [0.717, 1.165) is 54.9 Å². The maximum absolute atomic E-state index is 12.1. The number of H-pyrrole nitrogens is 1. The molecule has 96 heavy (non-hydrogen) atoms. The fourth-order valence-electron chi connectivity index (χ4n) is 6.62. The van der Waals surface area contributed by atoms with E-state index in [4.69, 9.17) is 63.9 Å². The van der Waals surface area contributed by atoms with Crippen LogP contribution in [-0.4, -0.2) is 109 Å². The summed E-state index contributed by atoms with van der Waals surface area (Å²) in [6.45, 7) is 20.8. The molecule has 0 bridgehead atoms. The van der Waals surface area contributed by atoms with Crippen molar-refractivity contribution < 1.29 is 48.5 Å².